The zero-order valence-electron chi connectivity index (χ0n) is 8.32. The number of fused-ring (bicyclic) bond motifs is 1. The summed E-state index contributed by atoms with van der Waals surface area (Å²) in [6, 6.07) is -0.168. The number of nitrogens with one attached hydrogen (secondary N) is 1. The molecular formula is C10H16N2OS. The Morgan fingerprint density at radius 3 is 2.57 bits per heavy atom. The van der Waals surface area contributed by atoms with Crippen LogP contribution in [0.3, 0.4) is 0 Å². The summed E-state index contributed by atoms with van der Waals surface area (Å²) >= 11 is 4.81. The lowest BCUT2D eigenvalue weighted by Gasteiger charge is -2.12. The molecule has 14 heavy (non-hydrogen) atoms. The molecule has 78 valence electrons. The molecule has 0 aliphatic heterocycles. The first-order valence-electron chi connectivity index (χ1n) is 5.21. The van der Waals surface area contributed by atoms with Gasteiger partial charge in [-0.15, -0.1) is 0 Å². The molecule has 0 spiro atoms. The number of amides is 1. The Bertz CT molecular complexity index is 269. The topological polar surface area (TPSA) is 55.1 Å². The number of carbonyl (C=O) groups excluding carboxylic acids is 1. The fourth-order valence-corrected chi connectivity index (χ4v) is 2.65. The summed E-state index contributed by atoms with van der Waals surface area (Å²) < 4.78 is 0. The number of hydrogen-bond donors (Lipinski definition) is 2. The Hall–Kier alpha value is -0.640. The summed E-state index contributed by atoms with van der Waals surface area (Å²) in [5, 5.41) is 2.86. The molecule has 0 radical (unpaired) electrons. The van der Waals surface area contributed by atoms with E-state index in [4.69, 9.17) is 18.0 Å². The smallest absolute Gasteiger partial charge is 0.224 e. The highest BCUT2D eigenvalue weighted by atomic mass is 32.1. The zero-order chi connectivity index (χ0) is 10.3. The molecule has 0 aromatic rings. The van der Waals surface area contributed by atoms with Gasteiger partial charge in [-0.25, -0.2) is 0 Å². The average Bonchev–Trinajstić information content (AvgIpc) is 2.61. The Labute approximate surface area is 89.4 Å². The molecule has 0 heterocycles. The number of carbonyl (C=O) groups is 1. The van der Waals surface area contributed by atoms with Crippen molar-refractivity contribution in [1.82, 2.24) is 5.32 Å². The van der Waals surface area contributed by atoms with E-state index in [1.165, 1.54) is 19.3 Å². The van der Waals surface area contributed by atoms with Crippen molar-refractivity contribution >= 4 is 23.1 Å². The monoisotopic (exact) mass is 212 g/mol. The van der Waals surface area contributed by atoms with E-state index in [0.29, 0.717) is 16.8 Å². The van der Waals surface area contributed by atoms with Crippen LogP contribution in [0.5, 0.6) is 0 Å². The van der Waals surface area contributed by atoms with Gasteiger partial charge in [-0.05, 0) is 31.6 Å². The molecule has 0 saturated heterocycles. The highest BCUT2D eigenvalue weighted by Gasteiger charge is 2.56. The van der Waals surface area contributed by atoms with Crippen molar-refractivity contribution in [2.45, 2.75) is 32.2 Å². The minimum absolute atomic E-state index is 0.153. The minimum atomic E-state index is -0.168. The van der Waals surface area contributed by atoms with Crippen LogP contribution in [-0.2, 0) is 4.79 Å². The fourth-order valence-electron chi connectivity index (χ4n) is 2.59. The third-order valence-electron chi connectivity index (χ3n) is 3.49. The van der Waals surface area contributed by atoms with Crippen molar-refractivity contribution in [3.05, 3.63) is 0 Å². The molecule has 2 rings (SSSR count). The van der Waals surface area contributed by atoms with Crippen molar-refractivity contribution < 1.29 is 4.79 Å². The van der Waals surface area contributed by atoms with Gasteiger partial charge in [0, 0.05) is 5.92 Å². The van der Waals surface area contributed by atoms with Crippen LogP contribution >= 0.6 is 12.2 Å². The van der Waals surface area contributed by atoms with E-state index in [0.717, 1.165) is 0 Å². The van der Waals surface area contributed by atoms with Crippen LogP contribution in [0.15, 0.2) is 0 Å². The summed E-state index contributed by atoms with van der Waals surface area (Å²) in [6.07, 6.45) is 3.75. The zero-order valence-corrected chi connectivity index (χ0v) is 9.14. The molecule has 1 amide bonds. The van der Waals surface area contributed by atoms with Gasteiger partial charge in [0.05, 0.1) is 11.0 Å². The molecule has 3 N–H and O–H groups in total. The molecular weight excluding hydrogens is 196 g/mol. The third-order valence-corrected chi connectivity index (χ3v) is 3.85. The Balaban J connectivity index is 1.83. The molecule has 2 saturated carbocycles. The van der Waals surface area contributed by atoms with E-state index in [9.17, 15) is 4.79 Å². The molecule has 2 aliphatic rings. The van der Waals surface area contributed by atoms with Crippen molar-refractivity contribution in [2.75, 3.05) is 0 Å². The number of rotatable bonds is 3. The molecule has 3 atom stereocenters. The summed E-state index contributed by atoms with van der Waals surface area (Å²) in [4.78, 5) is 12.1. The Morgan fingerprint density at radius 2 is 2.07 bits per heavy atom. The molecule has 0 aromatic heterocycles. The highest BCUT2D eigenvalue weighted by molar-refractivity contribution is 7.80. The second kappa shape index (κ2) is 3.50. The van der Waals surface area contributed by atoms with Gasteiger partial charge in [0.1, 0.15) is 0 Å². The first-order chi connectivity index (χ1) is 6.61. The van der Waals surface area contributed by atoms with Crippen LogP contribution in [0.2, 0.25) is 0 Å². The van der Waals surface area contributed by atoms with Crippen LogP contribution < -0.4 is 11.1 Å². The number of thiocarbonyl (C=S) groups is 1. The number of nitrogens with two attached hydrogens (primary N) is 1. The van der Waals surface area contributed by atoms with Crippen LogP contribution in [0, 0.1) is 17.8 Å². The van der Waals surface area contributed by atoms with Crippen molar-refractivity contribution in [1.29, 1.82) is 0 Å². The van der Waals surface area contributed by atoms with Crippen LogP contribution in [0.4, 0.5) is 0 Å². The van der Waals surface area contributed by atoms with E-state index >= 15 is 0 Å². The SMILES string of the molecule is CC(NC(=O)C1C2CCCC21)C(N)=S. The summed E-state index contributed by atoms with van der Waals surface area (Å²) in [6.45, 7) is 1.83. The lowest BCUT2D eigenvalue weighted by atomic mass is 10.1. The molecule has 4 heteroatoms. The first kappa shape index (κ1) is 9.90. The minimum Gasteiger partial charge on any atom is -0.392 e. The second-order valence-electron chi connectivity index (χ2n) is 4.42. The largest absolute Gasteiger partial charge is 0.392 e. The molecule has 3 unspecified atom stereocenters. The van der Waals surface area contributed by atoms with Gasteiger partial charge in [0.2, 0.25) is 5.91 Å². The maximum absolute atomic E-state index is 11.7. The molecule has 3 nitrogen and oxygen atoms in total. The van der Waals surface area contributed by atoms with Gasteiger partial charge >= 0.3 is 0 Å². The Morgan fingerprint density at radius 1 is 1.50 bits per heavy atom. The van der Waals surface area contributed by atoms with E-state index < -0.39 is 0 Å². The van der Waals surface area contributed by atoms with Gasteiger partial charge in [-0.3, -0.25) is 4.79 Å². The quantitative estimate of drug-likeness (QED) is 0.681. The summed E-state index contributed by atoms with van der Waals surface area (Å²) in [5.41, 5.74) is 5.44. The van der Waals surface area contributed by atoms with Crippen LogP contribution in [0.1, 0.15) is 26.2 Å². The lowest BCUT2D eigenvalue weighted by molar-refractivity contribution is -0.123. The van der Waals surface area contributed by atoms with E-state index in [2.05, 4.69) is 5.32 Å². The number of hydrogen-bond acceptors (Lipinski definition) is 2. The average molecular weight is 212 g/mol. The fraction of sp³-hybridized carbons (Fsp3) is 0.800. The van der Waals surface area contributed by atoms with Gasteiger partial charge < -0.3 is 11.1 Å². The molecule has 2 fully saturated rings. The van der Waals surface area contributed by atoms with E-state index in [-0.39, 0.29) is 17.9 Å². The van der Waals surface area contributed by atoms with Gasteiger partial charge in [0.15, 0.2) is 0 Å². The summed E-state index contributed by atoms with van der Waals surface area (Å²) in [5.74, 6) is 1.74. The van der Waals surface area contributed by atoms with Crippen molar-refractivity contribution in [2.24, 2.45) is 23.5 Å². The Kier molecular flexibility index (Phi) is 2.47. The molecule has 0 bridgehead atoms. The van der Waals surface area contributed by atoms with Crippen LogP contribution in [0.25, 0.3) is 0 Å². The van der Waals surface area contributed by atoms with E-state index in [1.807, 2.05) is 6.92 Å². The summed E-state index contributed by atoms with van der Waals surface area (Å²) in [7, 11) is 0. The standard InChI is InChI=1S/C10H16N2OS/c1-5(9(11)14)12-10(13)8-6-3-2-4-7(6)8/h5-8H,2-4H2,1H3,(H2,11,14)(H,12,13). The highest BCUT2D eigenvalue weighted by Crippen LogP contribution is 2.57. The first-order valence-corrected chi connectivity index (χ1v) is 5.62. The maximum Gasteiger partial charge on any atom is 0.224 e. The van der Waals surface area contributed by atoms with E-state index in [1.54, 1.807) is 0 Å². The van der Waals surface area contributed by atoms with Crippen LogP contribution in [-0.4, -0.2) is 16.9 Å². The third kappa shape index (κ3) is 1.63. The maximum atomic E-state index is 11.7. The normalized spacial score (nSPS) is 35.9. The van der Waals surface area contributed by atoms with Crippen molar-refractivity contribution in [3.8, 4) is 0 Å². The van der Waals surface area contributed by atoms with Gasteiger partial charge in [-0.2, -0.15) is 0 Å². The van der Waals surface area contributed by atoms with Gasteiger partial charge in [0.25, 0.3) is 0 Å². The lowest BCUT2D eigenvalue weighted by Crippen LogP contribution is -2.42. The predicted octanol–water partition coefficient (Wildman–Crippen LogP) is 0.823. The predicted molar refractivity (Wildman–Crippen MR) is 58.7 cm³/mol. The van der Waals surface area contributed by atoms with Crippen molar-refractivity contribution in [3.63, 3.8) is 0 Å². The molecule has 2 aliphatic carbocycles. The molecule has 0 aromatic carbocycles. The van der Waals surface area contributed by atoms with Gasteiger partial charge in [-0.1, -0.05) is 18.6 Å². The second-order valence-corrected chi connectivity index (χ2v) is 4.89.